The largest absolute Gasteiger partial charge is 0.490 e. The summed E-state index contributed by atoms with van der Waals surface area (Å²) in [6.07, 6.45) is 1.30. The van der Waals surface area contributed by atoms with Gasteiger partial charge in [0, 0.05) is 6.54 Å². The fourth-order valence-corrected chi connectivity index (χ4v) is 3.62. The number of rotatable bonds is 9. The van der Waals surface area contributed by atoms with Gasteiger partial charge in [-0.3, -0.25) is 0 Å². The van der Waals surface area contributed by atoms with Crippen molar-refractivity contribution in [1.82, 2.24) is 10.6 Å². The summed E-state index contributed by atoms with van der Waals surface area (Å²) in [5.41, 5.74) is 0.856. The van der Waals surface area contributed by atoms with Crippen molar-refractivity contribution in [2.75, 3.05) is 26.2 Å². The number of halogens is 3. The van der Waals surface area contributed by atoms with E-state index in [-0.39, 0.29) is 11.3 Å². The van der Waals surface area contributed by atoms with Crippen molar-refractivity contribution in [1.29, 1.82) is 0 Å². The SMILES string of the molecule is [C-]#[N+]c1ccc(/C=C/c2cc(CNCC3CCNC3)cc(OCC=C)c2)c(C(F)(F)F)c1. The Bertz CT molecular complexity index is 1000. The highest BCUT2D eigenvalue weighted by atomic mass is 19.4. The van der Waals surface area contributed by atoms with Gasteiger partial charge in [0.25, 0.3) is 0 Å². The predicted molar refractivity (Wildman–Crippen MR) is 121 cm³/mol. The van der Waals surface area contributed by atoms with Crippen molar-refractivity contribution in [3.05, 3.63) is 82.7 Å². The lowest BCUT2D eigenvalue weighted by Gasteiger charge is -2.13. The standard InChI is InChI=1S/C25H26F3N3O/c1-3-10-32-23-12-18(11-20(13-23)17-31-16-19-8-9-30-15-19)4-5-21-6-7-22(29-2)14-24(21)25(26,27)28/h3-7,11-14,19,30-31H,1,8-10,15-17H2/b5-4+. The molecule has 2 aromatic rings. The first-order valence-corrected chi connectivity index (χ1v) is 10.4. The smallest absolute Gasteiger partial charge is 0.415 e. The van der Waals surface area contributed by atoms with Crippen LogP contribution in [0.1, 0.15) is 28.7 Å². The van der Waals surface area contributed by atoms with Crippen LogP contribution in [0.4, 0.5) is 18.9 Å². The van der Waals surface area contributed by atoms with E-state index in [0.29, 0.717) is 24.8 Å². The number of nitrogens with one attached hydrogen (secondary N) is 2. The molecule has 1 aliphatic rings. The Labute approximate surface area is 186 Å². The normalized spacial score (nSPS) is 16.2. The second kappa shape index (κ2) is 11.0. The summed E-state index contributed by atoms with van der Waals surface area (Å²) in [5.74, 6) is 1.24. The molecule has 7 heteroatoms. The molecule has 1 heterocycles. The van der Waals surface area contributed by atoms with E-state index in [0.717, 1.165) is 43.2 Å². The van der Waals surface area contributed by atoms with Crippen LogP contribution in [0.25, 0.3) is 17.0 Å². The summed E-state index contributed by atoms with van der Waals surface area (Å²) in [6.45, 7) is 14.6. The molecule has 4 nitrogen and oxygen atoms in total. The first-order valence-electron chi connectivity index (χ1n) is 10.4. The van der Waals surface area contributed by atoms with Crippen molar-refractivity contribution < 1.29 is 17.9 Å². The van der Waals surface area contributed by atoms with E-state index in [4.69, 9.17) is 11.3 Å². The molecule has 0 saturated carbocycles. The van der Waals surface area contributed by atoms with Gasteiger partial charge in [0.15, 0.2) is 5.69 Å². The van der Waals surface area contributed by atoms with Gasteiger partial charge in [0.05, 0.1) is 12.1 Å². The van der Waals surface area contributed by atoms with Gasteiger partial charge in [-0.1, -0.05) is 43.0 Å². The van der Waals surface area contributed by atoms with Gasteiger partial charge in [-0.2, -0.15) is 13.2 Å². The third-order valence-corrected chi connectivity index (χ3v) is 5.21. The van der Waals surface area contributed by atoms with Crippen LogP contribution in [-0.2, 0) is 12.7 Å². The van der Waals surface area contributed by atoms with Crippen molar-refractivity contribution >= 4 is 17.8 Å². The molecular weight excluding hydrogens is 415 g/mol. The van der Waals surface area contributed by atoms with Crippen LogP contribution >= 0.6 is 0 Å². The first kappa shape index (κ1) is 23.6. The highest BCUT2D eigenvalue weighted by Crippen LogP contribution is 2.35. The number of benzene rings is 2. The van der Waals surface area contributed by atoms with E-state index in [1.165, 1.54) is 18.2 Å². The molecule has 0 radical (unpaired) electrons. The van der Waals surface area contributed by atoms with E-state index in [1.54, 1.807) is 18.2 Å². The molecule has 0 amide bonds. The zero-order valence-corrected chi connectivity index (χ0v) is 17.7. The molecule has 3 rings (SSSR count). The van der Waals surface area contributed by atoms with Gasteiger partial charge in [0.1, 0.15) is 12.4 Å². The molecule has 32 heavy (non-hydrogen) atoms. The summed E-state index contributed by atoms with van der Waals surface area (Å²) < 4.78 is 46.0. The first-order chi connectivity index (χ1) is 15.4. The zero-order valence-electron chi connectivity index (χ0n) is 17.7. The minimum Gasteiger partial charge on any atom is -0.490 e. The van der Waals surface area contributed by atoms with Crippen molar-refractivity contribution in [3.8, 4) is 5.75 Å². The van der Waals surface area contributed by atoms with E-state index in [2.05, 4.69) is 22.1 Å². The van der Waals surface area contributed by atoms with Crippen molar-refractivity contribution in [3.63, 3.8) is 0 Å². The van der Waals surface area contributed by atoms with Crippen LogP contribution < -0.4 is 15.4 Å². The maximum atomic E-state index is 13.4. The Kier molecular flexibility index (Phi) is 8.09. The number of hydrogen-bond acceptors (Lipinski definition) is 3. The monoisotopic (exact) mass is 441 g/mol. The van der Waals surface area contributed by atoms with Gasteiger partial charge < -0.3 is 15.4 Å². The van der Waals surface area contributed by atoms with Gasteiger partial charge >= 0.3 is 6.18 Å². The lowest BCUT2D eigenvalue weighted by atomic mass is 10.0. The summed E-state index contributed by atoms with van der Waals surface area (Å²) in [5, 5.41) is 6.79. The number of hydrogen-bond donors (Lipinski definition) is 2. The molecule has 1 atom stereocenters. The second-order valence-corrected chi connectivity index (χ2v) is 7.71. The van der Waals surface area contributed by atoms with E-state index >= 15 is 0 Å². The van der Waals surface area contributed by atoms with Gasteiger partial charge in [-0.25, -0.2) is 4.85 Å². The number of alkyl halides is 3. The molecule has 2 N–H and O–H groups in total. The molecular formula is C25H26F3N3O. The summed E-state index contributed by atoms with van der Waals surface area (Å²) in [6, 6.07) is 9.22. The minimum atomic E-state index is -4.54. The third-order valence-electron chi connectivity index (χ3n) is 5.21. The lowest BCUT2D eigenvalue weighted by Crippen LogP contribution is -2.24. The van der Waals surface area contributed by atoms with Crippen LogP contribution in [0.5, 0.6) is 5.75 Å². The maximum Gasteiger partial charge on any atom is 0.415 e. The Hall–Kier alpha value is -3.08. The highest BCUT2D eigenvalue weighted by Gasteiger charge is 2.32. The molecule has 0 spiro atoms. The fraction of sp³-hybridized carbons (Fsp3) is 0.320. The highest BCUT2D eigenvalue weighted by molar-refractivity contribution is 5.73. The Balaban J connectivity index is 1.82. The average Bonchev–Trinajstić information content (AvgIpc) is 3.29. The second-order valence-electron chi connectivity index (χ2n) is 7.71. The molecule has 1 unspecified atom stereocenters. The minimum absolute atomic E-state index is 0.00993. The Morgan fingerprint density at radius 1 is 1.22 bits per heavy atom. The zero-order chi connectivity index (χ0) is 23.0. The Morgan fingerprint density at radius 2 is 2.06 bits per heavy atom. The topological polar surface area (TPSA) is 37.7 Å². The van der Waals surface area contributed by atoms with E-state index in [9.17, 15) is 13.2 Å². The molecule has 1 fully saturated rings. The summed E-state index contributed by atoms with van der Waals surface area (Å²) >= 11 is 0. The molecule has 168 valence electrons. The molecule has 0 aromatic heterocycles. The van der Waals surface area contributed by atoms with Crippen molar-refractivity contribution in [2.45, 2.75) is 19.1 Å². The maximum absolute atomic E-state index is 13.4. The van der Waals surface area contributed by atoms with Gasteiger partial charge in [0.2, 0.25) is 0 Å². The quantitative estimate of drug-likeness (QED) is 0.298. The van der Waals surface area contributed by atoms with Gasteiger partial charge in [-0.15, -0.1) is 0 Å². The van der Waals surface area contributed by atoms with Crippen LogP contribution in [0.2, 0.25) is 0 Å². The molecule has 1 aliphatic heterocycles. The molecule has 0 bridgehead atoms. The van der Waals surface area contributed by atoms with Crippen molar-refractivity contribution in [2.24, 2.45) is 5.92 Å². The third kappa shape index (κ3) is 6.71. The van der Waals surface area contributed by atoms with E-state index < -0.39 is 11.7 Å². The molecule has 1 saturated heterocycles. The predicted octanol–water partition coefficient (Wildman–Crippen LogP) is 5.69. The van der Waals surface area contributed by atoms with Crippen LogP contribution in [0, 0.1) is 12.5 Å². The molecule has 2 aromatic carbocycles. The fourth-order valence-electron chi connectivity index (χ4n) is 3.62. The lowest BCUT2D eigenvalue weighted by molar-refractivity contribution is -0.137. The van der Waals surface area contributed by atoms with Crippen LogP contribution in [-0.4, -0.2) is 26.2 Å². The van der Waals surface area contributed by atoms with Crippen LogP contribution in [0.3, 0.4) is 0 Å². The number of ether oxygens (including phenoxy) is 1. The summed E-state index contributed by atoms with van der Waals surface area (Å²) in [4.78, 5) is 3.10. The molecule has 0 aliphatic carbocycles. The summed E-state index contributed by atoms with van der Waals surface area (Å²) in [7, 11) is 0. The Morgan fingerprint density at radius 3 is 2.75 bits per heavy atom. The number of nitrogens with zero attached hydrogens (tertiary/aromatic N) is 1. The van der Waals surface area contributed by atoms with Gasteiger partial charge in [-0.05, 0) is 66.9 Å². The van der Waals surface area contributed by atoms with Crippen LogP contribution in [0.15, 0.2) is 49.1 Å². The average molecular weight is 441 g/mol. The van der Waals surface area contributed by atoms with E-state index in [1.807, 2.05) is 12.1 Å².